The third-order valence-electron chi connectivity index (χ3n) is 5.94. The Morgan fingerprint density at radius 1 is 1.18 bits per heavy atom. The lowest BCUT2D eigenvalue weighted by Gasteiger charge is -2.32. The zero-order chi connectivity index (χ0) is 24.1. The number of rotatable bonds is 8. The third kappa shape index (κ3) is 5.16. The number of carbonyl (C=O) groups excluding carboxylic acids is 1. The summed E-state index contributed by atoms with van der Waals surface area (Å²) >= 11 is 0. The first kappa shape index (κ1) is 23.6. The van der Waals surface area contributed by atoms with E-state index in [1.54, 1.807) is 19.2 Å². The van der Waals surface area contributed by atoms with Crippen molar-refractivity contribution >= 4 is 5.91 Å². The zero-order valence-electron chi connectivity index (χ0n) is 18.8. The number of likely N-dealkylation sites (tertiary alicyclic amines) is 1. The number of nitrogens with zero attached hydrogens (tertiary/aromatic N) is 3. The molecule has 2 heterocycles. The van der Waals surface area contributed by atoms with Crippen LogP contribution in [0.2, 0.25) is 0 Å². The molecule has 1 unspecified atom stereocenters. The van der Waals surface area contributed by atoms with Crippen molar-refractivity contribution in [1.29, 1.82) is 0 Å². The molecule has 2 aromatic carbocycles. The maximum atomic E-state index is 13.1. The number of amides is 1. The molecular weight excluding hydrogens is 439 g/mol. The monoisotopic (exact) mass is 466 g/mol. The summed E-state index contributed by atoms with van der Waals surface area (Å²) in [7, 11) is 1.65. The van der Waals surface area contributed by atoms with Crippen molar-refractivity contribution in [2.75, 3.05) is 20.3 Å². The van der Waals surface area contributed by atoms with E-state index in [1.807, 2.05) is 30.3 Å². The summed E-state index contributed by atoms with van der Waals surface area (Å²) in [5.41, 5.74) is 1.25. The van der Waals surface area contributed by atoms with E-state index < -0.39 is 23.6 Å². The van der Waals surface area contributed by atoms with Crippen molar-refractivity contribution < 1.29 is 24.1 Å². The first-order chi connectivity index (χ1) is 16.5. The molecule has 8 nitrogen and oxygen atoms in total. The molecule has 0 bridgehead atoms. The van der Waals surface area contributed by atoms with E-state index in [9.17, 15) is 19.4 Å². The summed E-state index contributed by atoms with van der Waals surface area (Å²) in [6, 6.07) is 14.9. The van der Waals surface area contributed by atoms with Gasteiger partial charge in [0.15, 0.2) is 11.5 Å². The number of aromatic hydroxyl groups is 2. The van der Waals surface area contributed by atoms with Gasteiger partial charge in [0.2, 0.25) is 5.75 Å². The van der Waals surface area contributed by atoms with E-state index >= 15 is 0 Å². The van der Waals surface area contributed by atoms with Gasteiger partial charge in [-0.25, -0.2) is 9.37 Å². The second kappa shape index (κ2) is 10.6. The van der Waals surface area contributed by atoms with Gasteiger partial charge >= 0.3 is 0 Å². The Balaban J connectivity index is 1.67. The fourth-order valence-corrected chi connectivity index (χ4v) is 4.30. The first-order valence-corrected chi connectivity index (χ1v) is 11.1. The minimum Gasteiger partial charge on any atom is -0.501 e. The molecule has 3 N–H and O–H groups in total. The van der Waals surface area contributed by atoms with E-state index in [2.05, 4.69) is 20.2 Å². The van der Waals surface area contributed by atoms with Crippen LogP contribution in [0.3, 0.4) is 0 Å². The Bertz CT molecular complexity index is 1130. The topological polar surface area (TPSA) is 108 Å². The number of nitrogens with one attached hydrogen (secondary N) is 1. The average molecular weight is 467 g/mol. The van der Waals surface area contributed by atoms with Gasteiger partial charge in [-0.3, -0.25) is 9.69 Å². The maximum absolute atomic E-state index is 13.1. The normalized spacial score (nSPS) is 16.9. The van der Waals surface area contributed by atoms with Gasteiger partial charge in [-0.2, -0.15) is 4.98 Å². The van der Waals surface area contributed by atoms with Crippen LogP contribution in [0.5, 0.6) is 11.6 Å². The summed E-state index contributed by atoms with van der Waals surface area (Å²) in [4.78, 5) is 23.6. The molecule has 1 aliphatic heterocycles. The van der Waals surface area contributed by atoms with E-state index in [-0.39, 0.29) is 29.9 Å². The number of benzene rings is 2. The number of carbonyl (C=O) groups is 1. The van der Waals surface area contributed by atoms with E-state index in [0.717, 1.165) is 24.9 Å². The Morgan fingerprint density at radius 3 is 2.62 bits per heavy atom. The molecule has 0 spiro atoms. The number of hydrogen-bond acceptors (Lipinski definition) is 7. The molecule has 4 rings (SSSR count). The van der Waals surface area contributed by atoms with Crippen LogP contribution in [0.25, 0.3) is 0 Å². The molecule has 0 aliphatic carbocycles. The van der Waals surface area contributed by atoms with Gasteiger partial charge in [0.1, 0.15) is 5.82 Å². The molecule has 178 valence electrons. The quantitative estimate of drug-likeness (QED) is 0.468. The van der Waals surface area contributed by atoms with Crippen molar-refractivity contribution in [3.63, 3.8) is 0 Å². The predicted octanol–water partition coefficient (Wildman–Crippen LogP) is 3.16. The summed E-state index contributed by atoms with van der Waals surface area (Å²) < 4.78 is 18.5. The molecule has 0 saturated carbocycles. The molecule has 1 saturated heterocycles. The molecule has 1 aromatic heterocycles. The van der Waals surface area contributed by atoms with E-state index in [0.29, 0.717) is 12.2 Å². The van der Waals surface area contributed by atoms with Crippen molar-refractivity contribution in [2.45, 2.75) is 31.5 Å². The largest absolute Gasteiger partial charge is 0.501 e. The third-order valence-corrected chi connectivity index (χ3v) is 5.94. The molecule has 2 atom stereocenters. The smallest absolute Gasteiger partial charge is 0.274 e. The molecule has 9 heteroatoms. The molecule has 34 heavy (non-hydrogen) atoms. The predicted molar refractivity (Wildman–Crippen MR) is 123 cm³/mol. The van der Waals surface area contributed by atoms with Crippen molar-refractivity contribution in [3.05, 3.63) is 83.1 Å². The lowest BCUT2D eigenvalue weighted by molar-refractivity contribution is 0.0927. The summed E-state index contributed by atoms with van der Waals surface area (Å²) in [5.74, 6) is -2.21. The minimum absolute atomic E-state index is 0.100. The van der Waals surface area contributed by atoms with Gasteiger partial charge in [0.25, 0.3) is 11.8 Å². The van der Waals surface area contributed by atoms with E-state index in [1.165, 1.54) is 12.1 Å². The van der Waals surface area contributed by atoms with Gasteiger partial charge in [-0.05, 0) is 42.6 Å². The molecule has 1 aliphatic rings. The highest BCUT2D eigenvalue weighted by molar-refractivity contribution is 5.95. The maximum Gasteiger partial charge on any atom is 0.274 e. The van der Waals surface area contributed by atoms with Gasteiger partial charge < -0.3 is 20.3 Å². The standard InChI is InChI=1S/C25H27FN4O4/c1-34-15-19-8-5-13-30(19)21(17-6-3-2-4-7-17)23-28-20(22(31)25(33)29-23)24(32)27-14-16-9-11-18(26)12-10-16/h2-4,6-7,9-12,19,21,31H,5,8,13-15H2,1H3,(H,27,32)(H,28,29,33)/t19-,21?/m0/s1. The van der Waals surface area contributed by atoms with Crippen LogP contribution >= 0.6 is 0 Å². The summed E-state index contributed by atoms with van der Waals surface area (Å²) in [6.45, 7) is 1.39. The highest BCUT2D eigenvalue weighted by atomic mass is 19.1. The highest BCUT2D eigenvalue weighted by Crippen LogP contribution is 2.36. The van der Waals surface area contributed by atoms with Crippen LogP contribution < -0.4 is 5.32 Å². The van der Waals surface area contributed by atoms with Gasteiger partial charge in [0, 0.05) is 19.7 Å². The molecule has 1 fully saturated rings. The second-order valence-electron chi connectivity index (χ2n) is 8.21. The number of ether oxygens (including phenoxy) is 1. The first-order valence-electron chi connectivity index (χ1n) is 11.1. The Labute approximate surface area is 197 Å². The van der Waals surface area contributed by atoms with Crippen molar-refractivity contribution in [1.82, 2.24) is 20.2 Å². The lowest BCUT2D eigenvalue weighted by Crippen LogP contribution is -2.38. The van der Waals surface area contributed by atoms with Gasteiger partial charge in [-0.1, -0.05) is 42.5 Å². The zero-order valence-corrected chi connectivity index (χ0v) is 18.8. The van der Waals surface area contributed by atoms with Crippen molar-refractivity contribution in [2.24, 2.45) is 0 Å². The Hall–Kier alpha value is -3.56. The summed E-state index contributed by atoms with van der Waals surface area (Å²) in [6.07, 6.45) is 1.90. The molecular formula is C25H27FN4O4. The number of hydrogen-bond donors (Lipinski definition) is 3. The van der Waals surface area contributed by atoms with Crippen LogP contribution in [-0.4, -0.2) is 57.3 Å². The second-order valence-corrected chi connectivity index (χ2v) is 8.21. The lowest BCUT2D eigenvalue weighted by atomic mass is 10.0. The Kier molecular flexibility index (Phi) is 7.34. The van der Waals surface area contributed by atoms with Crippen LogP contribution in [0.1, 0.15) is 46.3 Å². The Morgan fingerprint density at radius 2 is 1.91 bits per heavy atom. The fraction of sp³-hybridized carbons (Fsp3) is 0.320. The highest BCUT2D eigenvalue weighted by Gasteiger charge is 2.35. The van der Waals surface area contributed by atoms with Crippen LogP contribution in [0.15, 0.2) is 54.6 Å². The minimum atomic E-state index is -0.693. The van der Waals surface area contributed by atoms with Gasteiger partial charge in [-0.15, -0.1) is 0 Å². The molecule has 1 amide bonds. The van der Waals surface area contributed by atoms with Crippen molar-refractivity contribution in [3.8, 4) is 11.6 Å². The van der Waals surface area contributed by atoms with E-state index in [4.69, 9.17) is 4.74 Å². The van der Waals surface area contributed by atoms with Crippen LogP contribution in [-0.2, 0) is 11.3 Å². The average Bonchev–Trinajstić information content (AvgIpc) is 3.29. The van der Waals surface area contributed by atoms with Crippen LogP contribution in [0, 0.1) is 5.82 Å². The molecule has 0 radical (unpaired) electrons. The van der Waals surface area contributed by atoms with Crippen LogP contribution in [0.4, 0.5) is 4.39 Å². The number of aromatic nitrogens is 2. The van der Waals surface area contributed by atoms with Gasteiger partial charge in [0.05, 0.1) is 12.6 Å². The molecule has 3 aromatic rings. The number of methoxy groups -OCH3 is 1. The number of halogens is 1. The summed E-state index contributed by atoms with van der Waals surface area (Å²) in [5, 5.41) is 23.4. The SMILES string of the molecule is COC[C@@H]1CCCN1C(c1ccccc1)c1nc(O)c(O)c(C(=O)NCc2ccc(F)cc2)n1. The fourth-order valence-electron chi connectivity index (χ4n) is 4.30.